The molecule has 7 heteroatoms. The van der Waals surface area contributed by atoms with Crippen LogP contribution in [0.15, 0.2) is 29.2 Å². The first-order valence-corrected chi connectivity index (χ1v) is 7.52. The SMILES string of the molecule is COc1ccc(/C=C/C(=O)O)cc1S(=O)(=O)NC1CC1. The molecule has 0 radical (unpaired) electrons. The molecule has 1 aromatic carbocycles. The largest absolute Gasteiger partial charge is 0.495 e. The van der Waals surface area contributed by atoms with E-state index in [0.717, 1.165) is 18.9 Å². The van der Waals surface area contributed by atoms with Crippen LogP contribution in [-0.4, -0.2) is 32.6 Å². The lowest BCUT2D eigenvalue weighted by atomic mass is 10.2. The number of carboxylic acids is 1. The Balaban J connectivity index is 2.38. The molecule has 0 atom stereocenters. The van der Waals surface area contributed by atoms with Gasteiger partial charge in [-0.2, -0.15) is 0 Å². The zero-order valence-corrected chi connectivity index (χ0v) is 11.7. The summed E-state index contributed by atoms with van der Waals surface area (Å²) in [5.74, 6) is -0.869. The normalized spacial score (nSPS) is 15.4. The summed E-state index contributed by atoms with van der Waals surface area (Å²) in [7, 11) is -2.27. The molecule has 1 fully saturated rings. The summed E-state index contributed by atoms with van der Waals surface area (Å²) in [6.07, 6.45) is 3.95. The number of rotatable bonds is 6. The Morgan fingerprint density at radius 3 is 2.70 bits per heavy atom. The highest BCUT2D eigenvalue weighted by atomic mass is 32.2. The topological polar surface area (TPSA) is 92.7 Å². The Kier molecular flexibility index (Phi) is 4.10. The number of nitrogens with one attached hydrogen (secondary N) is 1. The molecule has 0 aliphatic heterocycles. The van der Waals surface area contributed by atoms with Crippen LogP contribution in [0.2, 0.25) is 0 Å². The fourth-order valence-corrected chi connectivity index (χ4v) is 3.17. The van der Waals surface area contributed by atoms with Crippen molar-refractivity contribution in [3.8, 4) is 5.75 Å². The number of hydrogen-bond acceptors (Lipinski definition) is 4. The molecule has 0 spiro atoms. The average Bonchev–Trinajstić information content (AvgIpc) is 3.19. The summed E-state index contributed by atoms with van der Waals surface area (Å²) in [6.45, 7) is 0. The molecule has 0 saturated heterocycles. The van der Waals surface area contributed by atoms with Gasteiger partial charge in [0.1, 0.15) is 10.6 Å². The van der Waals surface area contributed by atoms with Gasteiger partial charge in [-0.1, -0.05) is 6.07 Å². The van der Waals surface area contributed by atoms with Crippen LogP contribution in [0.25, 0.3) is 6.08 Å². The van der Waals surface area contributed by atoms with Gasteiger partial charge in [0.05, 0.1) is 7.11 Å². The van der Waals surface area contributed by atoms with E-state index in [0.29, 0.717) is 5.56 Å². The van der Waals surface area contributed by atoms with Crippen molar-refractivity contribution in [1.29, 1.82) is 0 Å². The fraction of sp³-hybridized carbons (Fsp3) is 0.308. The molecular weight excluding hydrogens is 282 g/mol. The van der Waals surface area contributed by atoms with Gasteiger partial charge in [-0.15, -0.1) is 0 Å². The third-order valence-electron chi connectivity index (χ3n) is 2.79. The molecule has 1 saturated carbocycles. The smallest absolute Gasteiger partial charge is 0.328 e. The van der Waals surface area contributed by atoms with Crippen molar-refractivity contribution < 1.29 is 23.1 Å². The zero-order chi connectivity index (χ0) is 14.8. The van der Waals surface area contributed by atoms with Crippen molar-refractivity contribution in [2.45, 2.75) is 23.8 Å². The van der Waals surface area contributed by atoms with Gasteiger partial charge in [0.2, 0.25) is 10.0 Å². The minimum atomic E-state index is -3.66. The molecule has 2 N–H and O–H groups in total. The first kappa shape index (κ1) is 14.5. The predicted octanol–water partition coefficient (Wildman–Crippen LogP) is 1.23. The van der Waals surface area contributed by atoms with E-state index in [1.54, 1.807) is 6.07 Å². The van der Waals surface area contributed by atoms with E-state index in [1.807, 2.05) is 0 Å². The first-order valence-electron chi connectivity index (χ1n) is 6.04. The number of carbonyl (C=O) groups is 1. The number of methoxy groups -OCH3 is 1. The van der Waals surface area contributed by atoms with Gasteiger partial charge in [-0.3, -0.25) is 0 Å². The van der Waals surface area contributed by atoms with Crippen LogP contribution < -0.4 is 9.46 Å². The Bertz CT molecular complexity index is 647. The maximum atomic E-state index is 12.2. The zero-order valence-electron chi connectivity index (χ0n) is 10.9. The number of ether oxygens (including phenoxy) is 1. The third kappa shape index (κ3) is 3.58. The molecule has 1 aromatic rings. The molecule has 0 amide bonds. The minimum Gasteiger partial charge on any atom is -0.495 e. The van der Waals surface area contributed by atoms with Gasteiger partial charge in [0.25, 0.3) is 0 Å². The van der Waals surface area contributed by atoms with E-state index >= 15 is 0 Å². The molecule has 0 heterocycles. The summed E-state index contributed by atoms with van der Waals surface area (Å²) in [4.78, 5) is 10.5. The summed E-state index contributed by atoms with van der Waals surface area (Å²) in [6, 6.07) is 4.48. The van der Waals surface area contributed by atoms with Crippen molar-refractivity contribution in [1.82, 2.24) is 4.72 Å². The standard InChI is InChI=1S/C13H15NO5S/c1-19-11-6-2-9(3-7-13(15)16)8-12(11)20(17,18)14-10-4-5-10/h2-3,6-8,10,14H,4-5H2,1H3,(H,15,16)/b7-3+. The van der Waals surface area contributed by atoms with Gasteiger partial charge in [0, 0.05) is 12.1 Å². The van der Waals surface area contributed by atoms with Crippen LogP contribution in [0.1, 0.15) is 18.4 Å². The van der Waals surface area contributed by atoms with Crippen molar-refractivity contribution >= 4 is 22.1 Å². The van der Waals surface area contributed by atoms with Crippen LogP contribution in [0.5, 0.6) is 5.75 Å². The van der Waals surface area contributed by atoms with Crippen molar-refractivity contribution in [2.24, 2.45) is 0 Å². The quantitative estimate of drug-likeness (QED) is 0.770. The fourth-order valence-electron chi connectivity index (χ4n) is 1.66. The second kappa shape index (κ2) is 5.64. The number of carboxylic acid groups (broad SMARTS) is 1. The van der Waals surface area contributed by atoms with Crippen molar-refractivity contribution in [3.05, 3.63) is 29.8 Å². The second-order valence-electron chi connectivity index (χ2n) is 4.48. The molecule has 0 unspecified atom stereocenters. The minimum absolute atomic E-state index is 0.0112. The second-order valence-corrected chi connectivity index (χ2v) is 6.16. The lowest BCUT2D eigenvalue weighted by Crippen LogP contribution is -2.26. The summed E-state index contributed by atoms with van der Waals surface area (Å²) >= 11 is 0. The highest BCUT2D eigenvalue weighted by Crippen LogP contribution is 2.28. The summed E-state index contributed by atoms with van der Waals surface area (Å²) in [5, 5.41) is 8.59. The van der Waals surface area contributed by atoms with Crippen LogP contribution in [0.3, 0.4) is 0 Å². The van der Waals surface area contributed by atoms with Gasteiger partial charge in [-0.25, -0.2) is 17.9 Å². The Hall–Kier alpha value is -1.86. The third-order valence-corrected chi connectivity index (χ3v) is 4.34. The van der Waals surface area contributed by atoms with E-state index < -0.39 is 16.0 Å². The maximum absolute atomic E-state index is 12.2. The van der Waals surface area contributed by atoms with Crippen molar-refractivity contribution in [3.63, 3.8) is 0 Å². The molecule has 6 nitrogen and oxygen atoms in total. The first-order chi connectivity index (χ1) is 9.42. The number of sulfonamides is 1. The van der Waals surface area contributed by atoms with Gasteiger partial charge < -0.3 is 9.84 Å². The molecule has 2 rings (SSSR count). The molecule has 108 valence electrons. The number of hydrogen-bond donors (Lipinski definition) is 2. The van der Waals surface area contributed by atoms with E-state index in [2.05, 4.69) is 4.72 Å². The molecule has 1 aliphatic rings. The van der Waals surface area contributed by atoms with Crippen LogP contribution in [-0.2, 0) is 14.8 Å². The van der Waals surface area contributed by atoms with Gasteiger partial charge in [0.15, 0.2) is 0 Å². The lowest BCUT2D eigenvalue weighted by molar-refractivity contribution is -0.131. The van der Waals surface area contributed by atoms with E-state index in [1.165, 1.54) is 25.3 Å². The monoisotopic (exact) mass is 297 g/mol. The average molecular weight is 297 g/mol. The molecular formula is C13H15NO5S. The maximum Gasteiger partial charge on any atom is 0.328 e. The Labute approximate surface area is 117 Å². The van der Waals surface area contributed by atoms with Gasteiger partial charge in [-0.05, 0) is 36.6 Å². The van der Waals surface area contributed by atoms with E-state index in [-0.39, 0.29) is 16.7 Å². The number of aliphatic carboxylic acids is 1. The van der Waals surface area contributed by atoms with Gasteiger partial charge >= 0.3 is 5.97 Å². The van der Waals surface area contributed by atoms with Crippen LogP contribution in [0, 0.1) is 0 Å². The summed E-state index contributed by atoms with van der Waals surface area (Å²) < 4.78 is 32.1. The van der Waals surface area contributed by atoms with Crippen molar-refractivity contribution in [2.75, 3.05) is 7.11 Å². The highest BCUT2D eigenvalue weighted by Gasteiger charge is 2.29. The van der Waals surface area contributed by atoms with Crippen LogP contribution in [0.4, 0.5) is 0 Å². The number of benzene rings is 1. The molecule has 0 aromatic heterocycles. The Morgan fingerprint density at radius 2 is 2.15 bits per heavy atom. The lowest BCUT2D eigenvalue weighted by Gasteiger charge is -2.11. The summed E-state index contributed by atoms with van der Waals surface area (Å²) in [5.41, 5.74) is 0.476. The Morgan fingerprint density at radius 1 is 1.45 bits per heavy atom. The predicted molar refractivity (Wildman–Crippen MR) is 73.0 cm³/mol. The van der Waals surface area contributed by atoms with E-state index in [4.69, 9.17) is 9.84 Å². The molecule has 20 heavy (non-hydrogen) atoms. The van der Waals surface area contributed by atoms with Crippen LogP contribution >= 0.6 is 0 Å². The van der Waals surface area contributed by atoms with E-state index in [9.17, 15) is 13.2 Å². The molecule has 1 aliphatic carbocycles. The molecule has 0 bridgehead atoms. The highest BCUT2D eigenvalue weighted by molar-refractivity contribution is 7.89.